The summed E-state index contributed by atoms with van der Waals surface area (Å²) in [5.74, 6) is 1.63. The fraction of sp³-hybridized carbons (Fsp3) is 0.417. The van der Waals surface area contributed by atoms with Gasteiger partial charge in [-0.25, -0.2) is 4.79 Å². The molecule has 0 saturated carbocycles. The van der Waals surface area contributed by atoms with Gasteiger partial charge in [0.15, 0.2) is 0 Å². The van der Waals surface area contributed by atoms with Gasteiger partial charge in [0.05, 0.1) is 25.4 Å². The molecule has 2 aromatic carbocycles. The van der Waals surface area contributed by atoms with Crippen LogP contribution >= 0.6 is 0 Å². The number of para-hydroxylation sites is 2. The first-order chi connectivity index (χ1) is 15.6. The Hall–Kier alpha value is -3.42. The molecule has 3 amide bonds. The number of ether oxygens (including phenoxy) is 2. The van der Waals surface area contributed by atoms with Gasteiger partial charge in [-0.15, -0.1) is 0 Å². The molecule has 2 aliphatic heterocycles. The molecule has 2 aliphatic rings. The molecule has 2 saturated heterocycles. The molecule has 1 N–H and O–H groups in total. The summed E-state index contributed by atoms with van der Waals surface area (Å²) in [6.45, 7) is 5.71. The summed E-state index contributed by atoms with van der Waals surface area (Å²) in [5, 5.41) is 3.04. The molecule has 0 aromatic heterocycles. The number of carbonyl (C=O) groups excluding carboxylic acids is 2. The number of anilines is 2. The highest BCUT2D eigenvalue weighted by Crippen LogP contribution is 2.28. The third-order valence-electron chi connectivity index (χ3n) is 5.90. The molecule has 0 aliphatic carbocycles. The van der Waals surface area contributed by atoms with Gasteiger partial charge in [0.2, 0.25) is 5.91 Å². The van der Waals surface area contributed by atoms with E-state index in [1.165, 1.54) is 0 Å². The maximum atomic E-state index is 12.8. The third-order valence-corrected chi connectivity index (χ3v) is 5.90. The summed E-state index contributed by atoms with van der Waals surface area (Å²) in [6, 6.07) is 15.1. The summed E-state index contributed by atoms with van der Waals surface area (Å²) in [7, 11) is 1.67. The summed E-state index contributed by atoms with van der Waals surface area (Å²) in [4.78, 5) is 31.1. The zero-order valence-corrected chi connectivity index (χ0v) is 18.6. The van der Waals surface area contributed by atoms with Crippen molar-refractivity contribution < 1.29 is 19.1 Å². The normalized spacial score (nSPS) is 18.6. The second-order valence-corrected chi connectivity index (χ2v) is 7.93. The van der Waals surface area contributed by atoms with Gasteiger partial charge in [-0.3, -0.25) is 4.79 Å². The molecular weight excluding hydrogens is 408 g/mol. The second-order valence-electron chi connectivity index (χ2n) is 7.93. The lowest BCUT2D eigenvalue weighted by Crippen LogP contribution is -2.54. The number of methoxy groups -OCH3 is 1. The van der Waals surface area contributed by atoms with E-state index in [1.54, 1.807) is 12.0 Å². The van der Waals surface area contributed by atoms with E-state index >= 15 is 0 Å². The summed E-state index contributed by atoms with van der Waals surface area (Å²) in [6.07, 6.45) is 0.306. The molecule has 0 radical (unpaired) electrons. The Labute approximate surface area is 188 Å². The molecule has 1 atom stereocenters. The van der Waals surface area contributed by atoms with E-state index in [9.17, 15) is 9.59 Å². The van der Waals surface area contributed by atoms with E-state index in [2.05, 4.69) is 10.2 Å². The van der Waals surface area contributed by atoms with Gasteiger partial charge in [0, 0.05) is 44.8 Å². The van der Waals surface area contributed by atoms with Crippen LogP contribution in [-0.4, -0.2) is 69.3 Å². The Morgan fingerprint density at radius 2 is 1.78 bits per heavy atom. The molecule has 2 heterocycles. The SMILES string of the molecule is CCOc1ccc(N2CC(NC(=O)N3CCN(c4ccccc4OC)CC3)CC2=O)cc1. The molecule has 2 aromatic rings. The summed E-state index contributed by atoms with van der Waals surface area (Å²) >= 11 is 0. The zero-order valence-electron chi connectivity index (χ0n) is 18.6. The van der Waals surface area contributed by atoms with Crippen molar-refractivity contribution in [2.24, 2.45) is 0 Å². The largest absolute Gasteiger partial charge is 0.495 e. The van der Waals surface area contributed by atoms with Crippen LogP contribution in [0.15, 0.2) is 48.5 Å². The number of nitrogens with one attached hydrogen (secondary N) is 1. The van der Waals surface area contributed by atoms with Crippen LogP contribution in [-0.2, 0) is 4.79 Å². The van der Waals surface area contributed by atoms with Gasteiger partial charge in [-0.2, -0.15) is 0 Å². The topological polar surface area (TPSA) is 74.3 Å². The maximum Gasteiger partial charge on any atom is 0.317 e. The zero-order chi connectivity index (χ0) is 22.5. The fourth-order valence-corrected chi connectivity index (χ4v) is 4.25. The van der Waals surface area contributed by atoms with Crippen molar-refractivity contribution in [2.45, 2.75) is 19.4 Å². The van der Waals surface area contributed by atoms with Crippen molar-refractivity contribution >= 4 is 23.3 Å². The Morgan fingerprint density at radius 1 is 1.06 bits per heavy atom. The van der Waals surface area contributed by atoms with Crippen LogP contribution in [0.1, 0.15) is 13.3 Å². The van der Waals surface area contributed by atoms with Gasteiger partial charge < -0.3 is 29.5 Å². The molecule has 8 heteroatoms. The standard InChI is InChI=1S/C24H30N4O4/c1-3-32-20-10-8-19(9-11-20)28-17-18(16-23(28)29)25-24(30)27-14-12-26(13-15-27)21-6-4-5-7-22(21)31-2/h4-11,18H,3,12-17H2,1-2H3,(H,25,30). The Kier molecular flexibility index (Phi) is 6.68. The molecule has 0 bridgehead atoms. The molecule has 8 nitrogen and oxygen atoms in total. The minimum Gasteiger partial charge on any atom is -0.495 e. The monoisotopic (exact) mass is 438 g/mol. The smallest absolute Gasteiger partial charge is 0.317 e. The van der Waals surface area contributed by atoms with Crippen molar-refractivity contribution in [3.63, 3.8) is 0 Å². The number of urea groups is 1. The average molecular weight is 439 g/mol. The van der Waals surface area contributed by atoms with Gasteiger partial charge in [0.25, 0.3) is 0 Å². The third kappa shape index (κ3) is 4.74. The second kappa shape index (κ2) is 9.80. The lowest BCUT2D eigenvalue weighted by molar-refractivity contribution is -0.117. The molecule has 32 heavy (non-hydrogen) atoms. The number of piperazine rings is 1. The fourth-order valence-electron chi connectivity index (χ4n) is 4.25. The molecule has 4 rings (SSSR count). The predicted octanol–water partition coefficient (Wildman–Crippen LogP) is 2.73. The van der Waals surface area contributed by atoms with E-state index in [0.29, 0.717) is 32.7 Å². The van der Waals surface area contributed by atoms with E-state index < -0.39 is 0 Å². The number of rotatable bonds is 6. The number of benzene rings is 2. The van der Waals surface area contributed by atoms with Crippen LogP contribution in [0.25, 0.3) is 0 Å². The number of amides is 3. The minimum absolute atomic E-state index is 0.0143. The van der Waals surface area contributed by atoms with E-state index in [-0.39, 0.29) is 18.0 Å². The minimum atomic E-state index is -0.200. The average Bonchev–Trinajstić information content (AvgIpc) is 3.19. The van der Waals surface area contributed by atoms with Gasteiger partial charge in [0.1, 0.15) is 11.5 Å². The number of hydrogen-bond acceptors (Lipinski definition) is 5. The van der Waals surface area contributed by atoms with Crippen LogP contribution in [0.4, 0.5) is 16.2 Å². The highest BCUT2D eigenvalue weighted by molar-refractivity contribution is 5.96. The number of carbonyl (C=O) groups is 2. The van der Waals surface area contributed by atoms with Crippen LogP contribution < -0.4 is 24.6 Å². The summed E-state index contributed by atoms with van der Waals surface area (Å²) < 4.78 is 10.9. The van der Waals surface area contributed by atoms with Crippen molar-refractivity contribution in [3.8, 4) is 11.5 Å². The summed E-state index contributed by atoms with van der Waals surface area (Å²) in [5.41, 5.74) is 1.86. The number of nitrogens with zero attached hydrogens (tertiary/aromatic N) is 3. The number of hydrogen-bond donors (Lipinski definition) is 1. The van der Waals surface area contributed by atoms with Crippen LogP contribution in [0.3, 0.4) is 0 Å². The molecular formula is C24H30N4O4. The van der Waals surface area contributed by atoms with E-state index in [4.69, 9.17) is 9.47 Å². The first kappa shape index (κ1) is 21.8. The van der Waals surface area contributed by atoms with Crippen molar-refractivity contribution in [2.75, 3.05) is 56.2 Å². The highest BCUT2D eigenvalue weighted by atomic mass is 16.5. The lowest BCUT2D eigenvalue weighted by atomic mass is 10.2. The molecule has 0 spiro atoms. The van der Waals surface area contributed by atoms with Crippen molar-refractivity contribution in [1.29, 1.82) is 0 Å². The quantitative estimate of drug-likeness (QED) is 0.751. The van der Waals surface area contributed by atoms with Crippen molar-refractivity contribution in [1.82, 2.24) is 10.2 Å². The molecule has 2 fully saturated rings. The first-order valence-corrected chi connectivity index (χ1v) is 11.1. The molecule has 170 valence electrons. The Balaban J connectivity index is 1.30. The van der Waals surface area contributed by atoms with Gasteiger partial charge >= 0.3 is 6.03 Å². The maximum absolute atomic E-state index is 12.8. The lowest BCUT2D eigenvalue weighted by Gasteiger charge is -2.37. The first-order valence-electron chi connectivity index (χ1n) is 11.1. The van der Waals surface area contributed by atoms with Crippen molar-refractivity contribution in [3.05, 3.63) is 48.5 Å². The Morgan fingerprint density at radius 3 is 2.47 bits per heavy atom. The van der Waals surface area contributed by atoms with E-state index in [0.717, 1.165) is 36.0 Å². The molecule has 1 unspecified atom stereocenters. The predicted molar refractivity (Wildman–Crippen MR) is 124 cm³/mol. The van der Waals surface area contributed by atoms with Crippen LogP contribution in [0, 0.1) is 0 Å². The highest BCUT2D eigenvalue weighted by Gasteiger charge is 2.33. The van der Waals surface area contributed by atoms with Gasteiger partial charge in [-0.05, 0) is 43.3 Å². The van der Waals surface area contributed by atoms with Gasteiger partial charge in [-0.1, -0.05) is 12.1 Å². The van der Waals surface area contributed by atoms with Crippen LogP contribution in [0.2, 0.25) is 0 Å². The van der Waals surface area contributed by atoms with E-state index in [1.807, 2.05) is 60.4 Å². The Bertz CT molecular complexity index is 941. The van der Waals surface area contributed by atoms with Crippen LogP contribution in [0.5, 0.6) is 11.5 Å².